The summed E-state index contributed by atoms with van der Waals surface area (Å²) in [5.41, 5.74) is 2.80. The summed E-state index contributed by atoms with van der Waals surface area (Å²) in [4.78, 5) is 12.6. The Labute approximate surface area is 190 Å². The summed E-state index contributed by atoms with van der Waals surface area (Å²) in [6, 6.07) is 7.80. The lowest BCUT2D eigenvalue weighted by molar-refractivity contribution is 0.102. The van der Waals surface area contributed by atoms with Gasteiger partial charge in [0.1, 0.15) is 17.5 Å². The summed E-state index contributed by atoms with van der Waals surface area (Å²) >= 11 is 9.70. The number of carbonyl (C=O) groups excluding carboxylic acids is 1. The number of halogens is 3. The molecule has 4 aromatic rings. The van der Waals surface area contributed by atoms with Crippen molar-refractivity contribution in [3.63, 3.8) is 0 Å². The van der Waals surface area contributed by atoms with Gasteiger partial charge >= 0.3 is 0 Å². The molecule has 0 saturated heterocycles. The molecule has 4 rings (SSSR count). The summed E-state index contributed by atoms with van der Waals surface area (Å²) in [7, 11) is 0. The first kappa shape index (κ1) is 21.3. The minimum atomic E-state index is -0.439. The fraction of sp³-hybridized carbons (Fsp3) is 0.200. The van der Waals surface area contributed by atoms with Crippen LogP contribution in [0.2, 0.25) is 5.02 Å². The number of amides is 1. The maximum Gasteiger partial charge on any atom is 0.277 e. The molecule has 11 heteroatoms. The number of nitrogens with zero attached hydrogens (tertiary/aromatic N) is 6. The van der Waals surface area contributed by atoms with Crippen LogP contribution in [0.1, 0.15) is 27.4 Å². The number of carbonyl (C=O) groups is 1. The van der Waals surface area contributed by atoms with E-state index >= 15 is 0 Å². The molecule has 1 amide bonds. The second-order valence-corrected chi connectivity index (χ2v) is 8.17. The van der Waals surface area contributed by atoms with Crippen molar-refractivity contribution < 1.29 is 9.18 Å². The fourth-order valence-corrected chi connectivity index (χ4v) is 3.55. The standard InChI is InChI=1S/C20H18BrClFN7O/c1-12-18(21)13(2)30(25-12)11-28-7-6-17(26-28)20(31)24-19-16(22)10-29(27-19)9-14-4-3-5-15(23)8-14/h3-8,10H,9,11H2,1-2H3,(H,24,27,31). The lowest BCUT2D eigenvalue weighted by atomic mass is 10.2. The second-order valence-electron chi connectivity index (χ2n) is 6.97. The molecule has 0 unspecified atom stereocenters. The molecule has 8 nitrogen and oxygen atoms in total. The van der Waals surface area contributed by atoms with Gasteiger partial charge in [-0.25, -0.2) is 9.07 Å². The van der Waals surface area contributed by atoms with E-state index in [1.807, 2.05) is 13.8 Å². The van der Waals surface area contributed by atoms with E-state index in [4.69, 9.17) is 11.6 Å². The molecule has 3 aromatic heterocycles. The quantitative estimate of drug-likeness (QED) is 0.424. The Morgan fingerprint density at radius 3 is 2.71 bits per heavy atom. The summed E-state index contributed by atoms with van der Waals surface area (Å²) in [6.45, 7) is 4.55. The number of benzene rings is 1. The molecule has 0 aliphatic rings. The molecule has 0 aliphatic heterocycles. The van der Waals surface area contributed by atoms with Gasteiger partial charge in [-0.05, 0) is 53.5 Å². The van der Waals surface area contributed by atoms with Crippen LogP contribution >= 0.6 is 27.5 Å². The second kappa shape index (κ2) is 8.64. The van der Waals surface area contributed by atoms with Gasteiger partial charge < -0.3 is 5.32 Å². The van der Waals surface area contributed by atoms with E-state index < -0.39 is 5.91 Å². The molecule has 1 N–H and O–H groups in total. The van der Waals surface area contributed by atoms with Crippen LogP contribution in [0.15, 0.2) is 47.2 Å². The smallest absolute Gasteiger partial charge is 0.277 e. The Kier molecular flexibility index (Phi) is 5.92. The fourth-order valence-electron chi connectivity index (χ4n) is 3.07. The molecule has 0 spiro atoms. The van der Waals surface area contributed by atoms with Crippen LogP contribution in [0, 0.1) is 19.7 Å². The van der Waals surface area contributed by atoms with Gasteiger partial charge in [0.25, 0.3) is 5.91 Å². The van der Waals surface area contributed by atoms with Crippen LogP contribution < -0.4 is 5.32 Å². The zero-order valence-electron chi connectivity index (χ0n) is 16.7. The predicted octanol–water partition coefficient (Wildman–Crippen LogP) is 4.25. The molecule has 1 aromatic carbocycles. The number of hydrogen-bond donors (Lipinski definition) is 1. The minimum Gasteiger partial charge on any atom is -0.302 e. The van der Waals surface area contributed by atoms with Crippen molar-refractivity contribution >= 4 is 39.3 Å². The van der Waals surface area contributed by atoms with Gasteiger partial charge in [0.2, 0.25) is 0 Å². The lowest BCUT2D eigenvalue weighted by Gasteiger charge is -2.05. The largest absolute Gasteiger partial charge is 0.302 e. The maximum absolute atomic E-state index is 13.4. The van der Waals surface area contributed by atoms with Crippen LogP contribution in [0.5, 0.6) is 0 Å². The van der Waals surface area contributed by atoms with Crippen LogP contribution in [-0.4, -0.2) is 35.2 Å². The SMILES string of the molecule is Cc1nn(Cn2ccc(C(=O)Nc3nn(Cc4cccc(F)c4)cc3Cl)n2)c(C)c1Br. The number of nitrogens with one attached hydrogen (secondary N) is 1. The topological polar surface area (TPSA) is 82.6 Å². The van der Waals surface area contributed by atoms with E-state index in [0.717, 1.165) is 21.4 Å². The highest BCUT2D eigenvalue weighted by atomic mass is 79.9. The number of anilines is 1. The van der Waals surface area contributed by atoms with Crippen molar-refractivity contribution in [3.05, 3.63) is 80.7 Å². The minimum absolute atomic E-state index is 0.208. The summed E-state index contributed by atoms with van der Waals surface area (Å²) in [6.07, 6.45) is 3.27. The first-order valence-corrected chi connectivity index (χ1v) is 10.5. The van der Waals surface area contributed by atoms with E-state index in [1.54, 1.807) is 40.0 Å². The number of hydrogen-bond acceptors (Lipinski definition) is 4. The van der Waals surface area contributed by atoms with Crippen LogP contribution in [0.4, 0.5) is 10.2 Å². The highest BCUT2D eigenvalue weighted by Crippen LogP contribution is 2.21. The zero-order valence-corrected chi connectivity index (χ0v) is 19.0. The van der Waals surface area contributed by atoms with Crippen molar-refractivity contribution in [2.24, 2.45) is 0 Å². The van der Waals surface area contributed by atoms with E-state index in [0.29, 0.717) is 13.2 Å². The Morgan fingerprint density at radius 2 is 2.00 bits per heavy atom. The molecule has 160 valence electrons. The molecule has 0 radical (unpaired) electrons. The third-order valence-electron chi connectivity index (χ3n) is 4.63. The Morgan fingerprint density at radius 1 is 1.19 bits per heavy atom. The third kappa shape index (κ3) is 4.70. The monoisotopic (exact) mass is 505 g/mol. The van der Waals surface area contributed by atoms with Crippen LogP contribution in [0.25, 0.3) is 0 Å². The van der Waals surface area contributed by atoms with Gasteiger partial charge in [-0.15, -0.1) is 0 Å². The van der Waals surface area contributed by atoms with Crippen molar-refractivity contribution in [2.45, 2.75) is 27.1 Å². The molecule has 3 heterocycles. The summed E-state index contributed by atoms with van der Waals surface area (Å²) in [5.74, 6) is -0.556. The predicted molar refractivity (Wildman–Crippen MR) is 118 cm³/mol. The molecular formula is C20H18BrClFN7O. The molecular weight excluding hydrogens is 489 g/mol. The number of rotatable bonds is 6. The van der Waals surface area contributed by atoms with Gasteiger partial charge in [0.05, 0.1) is 22.4 Å². The first-order valence-electron chi connectivity index (χ1n) is 9.32. The van der Waals surface area contributed by atoms with E-state index in [1.165, 1.54) is 16.8 Å². The van der Waals surface area contributed by atoms with Crippen molar-refractivity contribution in [1.29, 1.82) is 0 Å². The lowest BCUT2D eigenvalue weighted by Crippen LogP contribution is -2.16. The molecule has 0 saturated carbocycles. The highest BCUT2D eigenvalue weighted by Gasteiger charge is 2.16. The van der Waals surface area contributed by atoms with Gasteiger partial charge in [-0.2, -0.15) is 15.3 Å². The molecule has 0 atom stereocenters. The van der Waals surface area contributed by atoms with Gasteiger partial charge in [-0.1, -0.05) is 23.7 Å². The maximum atomic E-state index is 13.4. The number of aromatic nitrogens is 6. The third-order valence-corrected chi connectivity index (χ3v) is 6.05. The average molecular weight is 507 g/mol. The zero-order chi connectivity index (χ0) is 22.1. The Balaban J connectivity index is 1.44. The molecule has 0 fully saturated rings. The van der Waals surface area contributed by atoms with Gasteiger partial charge in [0.15, 0.2) is 11.5 Å². The normalized spacial score (nSPS) is 11.1. The van der Waals surface area contributed by atoms with Crippen LogP contribution in [-0.2, 0) is 13.2 Å². The van der Waals surface area contributed by atoms with Gasteiger partial charge in [0, 0.05) is 12.4 Å². The van der Waals surface area contributed by atoms with E-state index in [9.17, 15) is 9.18 Å². The molecule has 0 bridgehead atoms. The van der Waals surface area contributed by atoms with E-state index in [2.05, 4.69) is 36.5 Å². The molecule has 31 heavy (non-hydrogen) atoms. The summed E-state index contributed by atoms with van der Waals surface area (Å²) < 4.78 is 19.3. The van der Waals surface area contributed by atoms with Crippen LogP contribution in [0.3, 0.4) is 0 Å². The average Bonchev–Trinajstić information content (AvgIpc) is 3.38. The van der Waals surface area contributed by atoms with Crippen molar-refractivity contribution in [2.75, 3.05) is 5.32 Å². The van der Waals surface area contributed by atoms with Crippen molar-refractivity contribution in [3.8, 4) is 0 Å². The Hall–Kier alpha value is -2.98. The van der Waals surface area contributed by atoms with Gasteiger partial charge in [-0.3, -0.25) is 14.2 Å². The van der Waals surface area contributed by atoms with Crippen molar-refractivity contribution in [1.82, 2.24) is 29.3 Å². The first-order chi connectivity index (χ1) is 14.8. The Bertz CT molecular complexity index is 1260. The van der Waals surface area contributed by atoms with E-state index in [-0.39, 0.29) is 22.4 Å². The molecule has 0 aliphatic carbocycles. The number of aryl methyl sites for hydroxylation is 1. The highest BCUT2D eigenvalue weighted by molar-refractivity contribution is 9.10. The summed E-state index contributed by atoms with van der Waals surface area (Å²) in [5, 5.41) is 16.0.